The molecule has 0 atom stereocenters. The van der Waals surface area contributed by atoms with E-state index in [-0.39, 0.29) is 5.91 Å². The highest BCUT2D eigenvalue weighted by Gasteiger charge is 2.41. The molecule has 6 heteroatoms. The maximum Gasteiger partial charge on any atom is 0.274 e. The van der Waals surface area contributed by atoms with Crippen molar-refractivity contribution in [2.24, 2.45) is 0 Å². The van der Waals surface area contributed by atoms with Crippen LogP contribution in [-0.2, 0) is 15.9 Å². The largest absolute Gasteiger partial charge is 0.347 e. The van der Waals surface area contributed by atoms with Gasteiger partial charge in [0.15, 0.2) is 5.79 Å². The SMILES string of the molecule is CCCc1cc(C(=O)N2CCC3(CC2)OCCO3)n[nH]1. The summed E-state index contributed by atoms with van der Waals surface area (Å²) >= 11 is 0. The standard InChI is InChI=1S/C14H21N3O3/c1-2-3-11-10-12(16-15-11)13(18)17-6-4-14(5-7-17)19-8-9-20-14/h10H,2-9H2,1H3,(H,15,16). The summed E-state index contributed by atoms with van der Waals surface area (Å²) in [6.07, 6.45) is 3.44. The number of aryl methyl sites for hydroxylation is 1. The molecular weight excluding hydrogens is 258 g/mol. The average Bonchev–Trinajstić information content (AvgIpc) is 3.10. The smallest absolute Gasteiger partial charge is 0.274 e. The Morgan fingerprint density at radius 2 is 2.10 bits per heavy atom. The van der Waals surface area contributed by atoms with Crippen LogP contribution < -0.4 is 0 Å². The van der Waals surface area contributed by atoms with E-state index >= 15 is 0 Å². The Balaban J connectivity index is 1.60. The molecule has 0 saturated carbocycles. The van der Waals surface area contributed by atoms with Crippen LogP contribution in [0.25, 0.3) is 0 Å². The first kappa shape index (κ1) is 13.6. The molecule has 2 aliphatic rings. The molecule has 1 N–H and O–H groups in total. The van der Waals surface area contributed by atoms with Gasteiger partial charge in [0.1, 0.15) is 5.69 Å². The molecule has 0 radical (unpaired) electrons. The highest BCUT2D eigenvalue weighted by molar-refractivity contribution is 5.92. The monoisotopic (exact) mass is 279 g/mol. The van der Waals surface area contributed by atoms with E-state index in [9.17, 15) is 4.79 Å². The van der Waals surface area contributed by atoms with Crippen molar-refractivity contribution in [1.82, 2.24) is 15.1 Å². The van der Waals surface area contributed by atoms with Gasteiger partial charge in [0, 0.05) is 31.6 Å². The van der Waals surface area contributed by atoms with E-state index in [0.29, 0.717) is 32.0 Å². The van der Waals surface area contributed by atoms with Gasteiger partial charge in [0.25, 0.3) is 5.91 Å². The van der Waals surface area contributed by atoms with E-state index in [2.05, 4.69) is 17.1 Å². The zero-order valence-electron chi connectivity index (χ0n) is 11.9. The number of aromatic nitrogens is 2. The minimum Gasteiger partial charge on any atom is -0.347 e. The summed E-state index contributed by atoms with van der Waals surface area (Å²) in [7, 11) is 0. The molecule has 6 nitrogen and oxygen atoms in total. The lowest BCUT2D eigenvalue weighted by atomic mass is 10.0. The molecule has 1 spiro atoms. The first-order valence-electron chi connectivity index (χ1n) is 7.34. The lowest BCUT2D eigenvalue weighted by molar-refractivity contribution is -0.181. The number of aromatic amines is 1. The molecule has 3 heterocycles. The van der Waals surface area contributed by atoms with Gasteiger partial charge in [-0.05, 0) is 12.5 Å². The molecule has 0 aromatic carbocycles. The molecule has 20 heavy (non-hydrogen) atoms. The second kappa shape index (κ2) is 5.54. The van der Waals surface area contributed by atoms with Crippen LogP contribution >= 0.6 is 0 Å². The molecule has 110 valence electrons. The minimum atomic E-state index is -0.435. The van der Waals surface area contributed by atoms with Crippen molar-refractivity contribution >= 4 is 5.91 Å². The summed E-state index contributed by atoms with van der Waals surface area (Å²) in [5, 5.41) is 7.05. The number of H-pyrrole nitrogens is 1. The Morgan fingerprint density at radius 1 is 1.40 bits per heavy atom. The average molecular weight is 279 g/mol. The molecule has 1 aromatic rings. The number of piperidine rings is 1. The lowest BCUT2D eigenvalue weighted by Gasteiger charge is -2.37. The fourth-order valence-corrected chi connectivity index (χ4v) is 2.87. The number of nitrogens with zero attached hydrogens (tertiary/aromatic N) is 2. The zero-order valence-corrected chi connectivity index (χ0v) is 11.9. The van der Waals surface area contributed by atoms with Gasteiger partial charge in [0.05, 0.1) is 13.2 Å². The van der Waals surface area contributed by atoms with E-state index in [1.54, 1.807) is 0 Å². The fourth-order valence-electron chi connectivity index (χ4n) is 2.87. The molecule has 0 bridgehead atoms. The van der Waals surface area contributed by atoms with Crippen LogP contribution in [0.1, 0.15) is 42.4 Å². The third kappa shape index (κ3) is 2.58. The molecule has 1 aromatic heterocycles. The summed E-state index contributed by atoms with van der Waals surface area (Å²) in [5.41, 5.74) is 1.53. The number of hydrogen-bond donors (Lipinski definition) is 1. The van der Waals surface area contributed by atoms with Crippen molar-refractivity contribution in [3.8, 4) is 0 Å². The van der Waals surface area contributed by atoms with E-state index in [0.717, 1.165) is 31.4 Å². The second-order valence-electron chi connectivity index (χ2n) is 5.43. The number of nitrogens with one attached hydrogen (secondary N) is 1. The maximum absolute atomic E-state index is 12.4. The molecule has 2 aliphatic heterocycles. The molecule has 1 amide bonds. The molecule has 2 saturated heterocycles. The predicted molar refractivity (Wildman–Crippen MR) is 72.4 cm³/mol. The predicted octanol–water partition coefficient (Wildman–Crippen LogP) is 1.34. The van der Waals surface area contributed by atoms with Crippen LogP contribution in [0.5, 0.6) is 0 Å². The van der Waals surface area contributed by atoms with Crippen molar-refractivity contribution in [3.05, 3.63) is 17.5 Å². The number of ether oxygens (including phenoxy) is 2. The summed E-state index contributed by atoms with van der Waals surface area (Å²) in [6.45, 7) is 4.75. The molecule has 0 unspecified atom stereocenters. The topological polar surface area (TPSA) is 67.5 Å². The maximum atomic E-state index is 12.4. The van der Waals surface area contributed by atoms with Crippen LogP contribution in [0, 0.1) is 0 Å². The number of likely N-dealkylation sites (tertiary alicyclic amines) is 1. The Hall–Kier alpha value is -1.40. The first-order chi connectivity index (χ1) is 9.72. The Labute approximate surface area is 118 Å². The molecule has 2 fully saturated rings. The lowest BCUT2D eigenvalue weighted by Crippen LogP contribution is -2.47. The number of amides is 1. The molecule has 3 rings (SSSR count). The van der Waals surface area contributed by atoms with Gasteiger partial charge < -0.3 is 14.4 Å². The number of carbonyl (C=O) groups excluding carboxylic acids is 1. The van der Waals surface area contributed by atoms with Crippen molar-refractivity contribution in [1.29, 1.82) is 0 Å². The van der Waals surface area contributed by atoms with Crippen LogP contribution in [0.3, 0.4) is 0 Å². The van der Waals surface area contributed by atoms with Gasteiger partial charge >= 0.3 is 0 Å². The van der Waals surface area contributed by atoms with Crippen LogP contribution in [0.2, 0.25) is 0 Å². The van der Waals surface area contributed by atoms with Gasteiger partial charge in [0.2, 0.25) is 0 Å². The number of hydrogen-bond acceptors (Lipinski definition) is 4. The van der Waals surface area contributed by atoms with Crippen molar-refractivity contribution in [2.75, 3.05) is 26.3 Å². The third-order valence-electron chi connectivity index (χ3n) is 4.00. The first-order valence-corrected chi connectivity index (χ1v) is 7.34. The van der Waals surface area contributed by atoms with Gasteiger partial charge in [-0.25, -0.2) is 0 Å². The van der Waals surface area contributed by atoms with Gasteiger partial charge in [-0.15, -0.1) is 0 Å². The quantitative estimate of drug-likeness (QED) is 0.906. The second-order valence-corrected chi connectivity index (χ2v) is 5.43. The van der Waals surface area contributed by atoms with Gasteiger partial charge in [-0.2, -0.15) is 5.10 Å². The number of rotatable bonds is 3. The van der Waals surface area contributed by atoms with E-state index < -0.39 is 5.79 Å². The van der Waals surface area contributed by atoms with Gasteiger partial charge in [-0.3, -0.25) is 9.89 Å². The third-order valence-corrected chi connectivity index (χ3v) is 4.00. The highest BCUT2D eigenvalue weighted by Crippen LogP contribution is 2.31. The van der Waals surface area contributed by atoms with Crippen molar-refractivity contribution in [3.63, 3.8) is 0 Å². The molecular formula is C14H21N3O3. The Morgan fingerprint density at radius 3 is 2.75 bits per heavy atom. The van der Waals surface area contributed by atoms with Crippen LogP contribution in [0.4, 0.5) is 0 Å². The number of carbonyl (C=O) groups is 1. The fraction of sp³-hybridized carbons (Fsp3) is 0.714. The molecule has 0 aliphatic carbocycles. The highest BCUT2D eigenvalue weighted by atomic mass is 16.7. The van der Waals surface area contributed by atoms with Crippen molar-refractivity contribution < 1.29 is 14.3 Å². The Kier molecular flexibility index (Phi) is 3.76. The summed E-state index contributed by atoms with van der Waals surface area (Å²) in [6, 6.07) is 1.86. The minimum absolute atomic E-state index is 0.00329. The summed E-state index contributed by atoms with van der Waals surface area (Å²) in [4.78, 5) is 14.2. The van der Waals surface area contributed by atoms with Crippen molar-refractivity contribution in [2.45, 2.75) is 38.4 Å². The van der Waals surface area contributed by atoms with Crippen LogP contribution in [0.15, 0.2) is 6.07 Å². The summed E-state index contributed by atoms with van der Waals surface area (Å²) < 4.78 is 11.3. The van der Waals surface area contributed by atoms with E-state index in [1.807, 2.05) is 11.0 Å². The zero-order chi connectivity index (χ0) is 14.0. The summed E-state index contributed by atoms with van der Waals surface area (Å²) in [5.74, 6) is -0.438. The van der Waals surface area contributed by atoms with E-state index in [1.165, 1.54) is 0 Å². The van der Waals surface area contributed by atoms with E-state index in [4.69, 9.17) is 9.47 Å². The van der Waals surface area contributed by atoms with Crippen LogP contribution in [-0.4, -0.2) is 53.1 Å². The normalized spacial score (nSPS) is 21.6. The van der Waals surface area contributed by atoms with Gasteiger partial charge in [-0.1, -0.05) is 13.3 Å². The Bertz CT molecular complexity index is 470.